The van der Waals surface area contributed by atoms with E-state index in [2.05, 4.69) is 29.6 Å². The zero-order chi connectivity index (χ0) is 11.2. The standard InChI is InChI=1S/C14H21NO/c1-15-13-9-5-6-10-14(13)16-11-12-7-3-2-4-8-12/h2-4,7-8,13-15H,5-6,9-11H2,1H3. The highest BCUT2D eigenvalue weighted by atomic mass is 16.5. The van der Waals surface area contributed by atoms with Gasteiger partial charge in [0.15, 0.2) is 0 Å². The Labute approximate surface area is 98.0 Å². The summed E-state index contributed by atoms with van der Waals surface area (Å²) in [5.74, 6) is 0. The molecule has 1 saturated carbocycles. The smallest absolute Gasteiger partial charge is 0.0732 e. The Hall–Kier alpha value is -0.860. The summed E-state index contributed by atoms with van der Waals surface area (Å²) in [6.07, 6.45) is 5.46. The average molecular weight is 219 g/mol. The molecule has 2 rings (SSSR count). The van der Waals surface area contributed by atoms with Crippen molar-refractivity contribution in [1.29, 1.82) is 0 Å². The molecule has 0 bridgehead atoms. The number of likely N-dealkylation sites (N-methyl/N-ethyl adjacent to an activating group) is 1. The molecule has 0 radical (unpaired) electrons. The molecule has 0 spiro atoms. The zero-order valence-electron chi connectivity index (χ0n) is 9.99. The number of benzene rings is 1. The van der Waals surface area contributed by atoms with Crippen molar-refractivity contribution in [2.75, 3.05) is 7.05 Å². The maximum absolute atomic E-state index is 6.01. The fourth-order valence-corrected chi connectivity index (χ4v) is 2.40. The first-order valence-electron chi connectivity index (χ1n) is 6.23. The second kappa shape index (κ2) is 6.02. The Balaban J connectivity index is 1.84. The highest BCUT2D eigenvalue weighted by Gasteiger charge is 2.23. The summed E-state index contributed by atoms with van der Waals surface area (Å²) in [4.78, 5) is 0. The highest BCUT2D eigenvalue weighted by Crippen LogP contribution is 2.22. The maximum atomic E-state index is 6.01. The van der Waals surface area contributed by atoms with Gasteiger partial charge in [-0.3, -0.25) is 0 Å². The molecule has 0 aliphatic heterocycles. The highest BCUT2D eigenvalue weighted by molar-refractivity contribution is 5.13. The summed E-state index contributed by atoms with van der Waals surface area (Å²) in [5, 5.41) is 3.37. The van der Waals surface area contributed by atoms with Crippen molar-refractivity contribution in [1.82, 2.24) is 5.32 Å². The van der Waals surface area contributed by atoms with Crippen LogP contribution in [0, 0.1) is 0 Å². The van der Waals surface area contributed by atoms with E-state index >= 15 is 0 Å². The van der Waals surface area contributed by atoms with Crippen LogP contribution in [0.15, 0.2) is 30.3 Å². The minimum Gasteiger partial charge on any atom is -0.372 e. The molecule has 2 heteroatoms. The van der Waals surface area contributed by atoms with E-state index in [1.807, 2.05) is 13.1 Å². The topological polar surface area (TPSA) is 21.3 Å². The van der Waals surface area contributed by atoms with Crippen molar-refractivity contribution in [2.24, 2.45) is 0 Å². The van der Waals surface area contributed by atoms with E-state index in [0.717, 1.165) is 6.61 Å². The van der Waals surface area contributed by atoms with Crippen LogP contribution in [0.1, 0.15) is 31.2 Å². The molecule has 1 fully saturated rings. The van der Waals surface area contributed by atoms with Crippen LogP contribution in [0.2, 0.25) is 0 Å². The van der Waals surface area contributed by atoms with Crippen molar-refractivity contribution in [2.45, 2.75) is 44.4 Å². The molecule has 0 amide bonds. The van der Waals surface area contributed by atoms with Crippen LogP contribution in [-0.4, -0.2) is 19.2 Å². The Morgan fingerprint density at radius 3 is 2.69 bits per heavy atom. The van der Waals surface area contributed by atoms with Gasteiger partial charge in [0.25, 0.3) is 0 Å². The molecule has 0 heterocycles. The molecule has 0 aromatic heterocycles. The van der Waals surface area contributed by atoms with Gasteiger partial charge in [-0.15, -0.1) is 0 Å². The van der Waals surface area contributed by atoms with Crippen molar-refractivity contribution in [3.63, 3.8) is 0 Å². The lowest BCUT2D eigenvalue weighted by atomic mass is 9.92. The first-order valence-corrected chi connectivity index (χ1v) is 6.23. The molecule has 1 aromatic carbocycles. The quantitative estimate of drug-likeness (QED) is 0.840. The van der Waals surface area contributed by atoms with E-state index in [1.165, 1.54) is 31.2 Å². The first-order chi connectivity index (χ1) is 7.90. The number of ether oxygens (including phenoxy) is 1. The van der Waals surface area contributed by atoms with Crippen molar-refractivity contribution < 1.29 is 4.74 Å². The number of rotatable bonds is 4. The van der Waals surface area contributed by atoms with Gasteiger partial charge in [0, 0.05) is 6.04 Å². The SMILES string of the molecule is CNC1CCCCC1OCc1ccccc1. The molecule has 1 N–H and O–H groups in total. The van der Waals surface area contributed by atoms with Gasteiger partial charge >= 0.3 is 0 Å². The van der Waals surface area contributed by atoms with Crippen molar-refractivity contribution in [3.8, 4) is 0 Å². The van der Waals surface area contributed by atoms with Crippen molar-refractivity contribution in [3.05, 3.63) is 35.9 Å². The number of hydrogen-bond acceptors (Lipinski definition) is 2. The lowest BCUT2D eigenvalue weighted by Crippen LogP contribution is -2.41. The van der Waals surface area contributed by atoms with E-state index in [9.17, 15) is 0 Å². The third-order valence-corrected chi connectivity index (χ3v) is 3.38. The fourth-order valence-electron chi connectivity index (χ4n) is 2.40. The van der Waals surface area contributed by atoms with Crippen LogP contribution in [0.25, 0.3) is 0 Å². The second-order valence-electron chi connectivity index (χ2n) is 4.51. The molecule has 0 saturated heterocycles. The molecule has 2 atom stereocenters. The van der Waals surface area contributed by atoms with Gasteiger partial charge in [-0.1, -0.05) is 43.2 Å². The normalized spacial score (nSPS) is 25.6. The second-order valence-corrected chi connectivity index (χ2v) is 4.51. The van der Waals surface area contributed by atoms with Crippen LogP contribution in [0.3, 0.4) is 0 Å². The molecule has 88 valence electrons. The van der Waals surface area contributed by atoms with E-state index in [-0.39, 0.29) is 0 Å². The van der Waals surface area contributed by atoms with Crippen LogP contribution in [-0.2, 0) is 11.3 Å². The van der Waals surface area contributed by atoms with Crippen molar-refractivity contribution >= 4 is 0 Å². The summed E-state index contributed by atoms with van der Waals surface area (Å²) >= 11 is 0. The summed E-state index contributed by atoms with van der Waals surface area (Å²) in [7, 11) is 2.04. The molecular weight excluding hydrogens is 198 g/mol. The van der Waals surface area contributed by atoms with Gasteiger partial charge in [-0.05, 0) is 25.5 Å². The van der Waals surface area contributed by atoms with E-state index in [1.54, 1.807) is 0 Å². The first kappa shape index (κ1) is 11.6. The predicted molar refractivity (Wildman–Crippen MR) is 66.3 cm³/mol. The van der Waals surface area contributed by atoms with Gasteiger partial charge < -0.3 is 10.1 Å². The van der Waals surface area contributed by atoms with Gasteiger partial charge in [0.05, 0.1) is 12.7 Å². The lowest BCUT2D eigenvalue weighted by molar-refractivity contribution is -0.00361. The monoisotopic (exact) mass is 219 g/mol. The summed E-state index contributed by atoms with van der Waals surface area (Å²) in [6.45, 7) is 0.740. The minimum absolute atomic E-state index is 0.388. The molecule has 2 unspecified atom stereocenters. The Morgan fingerprint density at radius 2 is 1.94 bits per heavy atom. The van der Waals surface area contributed by atoms with Gasteiger partial charge in [0.1, 0.15) is 0 Å². The number of hydrogen-bond donors (Lipinski definition) is 1. The molecule has 1 aliphatic carbocycles. The van der Waals surface area contributed by atoms with E-state index in [0.29, 0.717) is 12.1 Å². The third kappa shape index (κ3) is 3.06. The van der Waals surface area contributed by atoms with Crippen LogP contribution in [0.5, 0.6) is 0 Å². The fraction of sp³-hybridized carbons (Fsp3) is 0.571. The minimum atomic E-state index is 0.388. The largest absolute Gasteiger partial charge is 0.372 e. The molecule has 1 aliphatic rings. The van der Waals surface area contributed by atoms with Gasteiger partial charge in [-0.25, -0.2) is 0 Å². The summed E-state index contributed by atoms with van der Waals surface area (Å²) in [6, 6.07) is 11.0. The van der Waals surface area contributed by atoms with Crippen LogP contribution in [0.4, 0.5) is 0 Å². The average Bonchev–Trinajstić information content (AvgIpc) is 2.38. The molecule has 16 heavy (non-hydrogen) atoms. The predicted octanol–water partition coefficient (Wildman–Crippen LogP) is 2.73. The molecule has 2 nitrogen and oxygen atoms in total. The lowest BCUT2D eigenvalue weighted by Gasteiger charge is -2.31. The summed E-state index contributed by atoms with van der Waals surface area (Å²) < 4.78 is 6.01. The zero-order valence-corrected chi connectivity index (χ0v) is 9.99. The Bertz CT molecular complexity index is 299. The summed E-state index contributed by atoms with van der Waals surface area (Å²) in [5.41, 5.74) is 1.27. The van der Waals surface area contributed by atoms with Gasteiger partial charge in [0.2, 0.25) is 0 Å². The third-order valence-electron chi connectivity index (χ3n) is 3.38. The Kier molecular flexibility index (Phi) is 4.37. The maximum Gasteiger partial charge on any atom is 0.0732 e. The molecular formula is C14H21NO. The van der Waals surface area contributed by atoms with Crippen LogP contribution < -0.4 is 5.32 Å². The van der Waals surface area contributed by atoms with Gasteiger partial charge in [-0.2, -0.15) is 0 Å². The van der Waals surface area contributed by atoms with E-state index < -0.39 is 0 Å². The number of nitrogens with one attached hydrogen (secondary N) is 1. The Morgan fingerprint density at radius 1 is 1.19 bits per heavy atom. The van der Waals surface area contributed by atoms with E-state index in [4.69, 9.17) is 4.74 Å². The molecule has 1 aromatic rings. The van der Waals surface area contributed by atoms with Crippen LogP contribution >= 0.6 is 0 Å².